The highest BCUT2D eigenvalue weighted by atomic mass is 16.5. The van der Waals surface area contributed by atoms with E-state index in [2.05, 4.69) is 16.7 Å². The molecular weight excluding hydrogens is 564 g/mol. The largest absolute Gasteiger partial charge is 0.450 e. The number of fused-ring (bicyclic) bond motifs is 9. The van der Waals surface area contributed by atoms with Crippen LogP contribution in [0.3, 0.4) is 0 Å². The van der Waals surface area contributed by atoms with Crippen molar-refractivity contribution in [2.45, 2.75) is 107 Å². The Balaban J connectivity index is 1.46. The quantitative estimate of drug-likeness (QED) is 0.0859. The van der Waals surface area contributed by atoms with Gasteiger partial charge in [0.05, 0.1) is 23.2 Å². The van der Waals surface area contributed by atoms with Gasteiger partial charge in [-0.25, -0.2) is 4.79 Å². The van der Waals surface area contributed by atoms with Gasteiger partial charge in [0.15, 0.2) is 0 Å². The van der Waals surface area contributed by atoms with Crippen LogP contribution >= 0.6 is 0 Å². The van der Waals surface area contributed by atoms with Crippen LogP contribution in [0.4, 0.5) is 0 Å². The number of esters is 1. The van der Waals surface area contributed by atoms with Gasteiger partial charge in [-0.15, -0.1) is 0 Å². The average Bonchev–Trinajstić information content (AvgIpc) is 3.46. The molecule has 6 aliphatic rings. The number of carbonyl (C=O) groups is 2. The Morgan fingerprint density at radius 1 is 1.11 bits per heavy atom. The number of aldehydes is 1. The lowest BCUT2D eigenvalue weighted by Crippen LogP contribution is -2.84. The van der Waals surface area contributed by atoms with Crippen molar-refractivity contribution in [3.8, 4) is 0 Å². The smallest absolute Gasteiger partial charge is 0.331 e. The zero-order valence-corrected chi connectivity index (χ0v) is 26.6. The number of likely N-dealkylation sites (N-methyl/N-ethyl adjacent to an activating group) is 1. The molecule has 0 unspecified atom stereocenters. The minimum absolute atomic E-state index is 0.0558. The second kappa shape index (κ2) is 11.0. The third kappa shape index (κ3) is 4.10. The summed E-state index contributed by atoms with van der Waals surface area (Å²) >= 11 is 0. The molecule has 0 spiro atoms. The summed E-state index contributed by atoms with van der Waals surface area (Å²) in [5, 5.41) is 68.3. The van der Waals surface area contributed by atoms with Crippen LogP contribution < -0.4 is 10.6 Å². The van der Waals surface area contributed by atoms with Gasteiger partial charge in [-0.2, -0.15) is 0 Å². The molecule has 246 valence electrons. The maximum Gasteiger partial charge on any atom is 0.331 e. The molecule has 0 aromatic carbocycles. The number of rotatable bonds is 9. The number of nitrogens with one attached hydrogen (secondary N) is 2. The molecule has 5 aliphatic carbocycles. The molecule has 12 atom stereocenters. The predicted molar refractivity (Wildman–Crippen MR) is 162 cm³/mol. The second-order valence-electron chi connectivity index (χ2n) is 15.5. The van der Waals surface area contributed by atoms with Crippen molar-refractivity contribution in [1.82, 2.24) is 10.6 Å². The molecule has 7 N–H and O–H groups in total. The van der Waals surface area contributed by atoms with Crippen molar-refractivity contribution in [1.29, 1.82) is 0 Å². The molecule has 1 aliphatic heterocycles. The van der Waals surface area contributed by atoms with Crippen molar-refractivity contribution in [3.05, 3.63) is 23.3 Å². The van der Waals surface area contributed by atoms with Crippen molar-refractivity contribution in [2.75, 3.05) is 26.7 Å². The van der Waals surface area contributed by atoms with Gasteiger partial charge in [-0.3, -0.25) is 0 Å². The summed E-state index contributed by atoms with van der Waals surface area (Å²) in [6.07, 6.45) is 3.77. The van der Waals surface area contributed by atoms with Gasteiger partial charge < -0.3 is 45.7 Å². The number of carbonyl (C=O) groups excluding carboxylic acids is 2. The van der Waals surface area contributed by atoms with E-state index in [4.69, 9.17) is 4.74 Å². The lowest BCUT2D eigenvalue weighted by Gasteiger charge is -2.71. The van der Waals surface area contributed by atoms with E-state index in [9.17, 15) is 35.1 Å². The van der Waals surface area contributed by atoms with E-state index in [0.29, 0.717) is 38.6 Å². The Morgan fingerprint density at radius 2 is 1.86 bits per heavy atom. The standard InChI is InChI=1S/C34H52N2O8/c1-19(2)5-6-24-29(40)34(43)25(31(18-37)10-7-22(38)16-32(24,31)41)8-9-30(3)27-20(15-33(30,34)42)13-21(17-36-12-11-35-4)28-23(27)14-26(39)44-28/h13-14,18-20,22,24-25,27-29,35-36,38,40-43H,5-12,15-17H2,1-4H3/t20-,22+,24-,25-,27-,28+,29+,30-,31+,32-,33-,34-/m1/s1. The average molecular weight is 617 g/mol. The van der Waals surface area contributed by atoms with Crippen LogP contribution in [0.1, 0.15) is 72.1 Å². The first-order valence-corrected chi connectivity index (χ1v) is 16.7. The molecule has 0 aromatic rings. The summed E-state index contributed by atoms with van der Waals surface area (Å²) in [7, 11) is 1.88. The van der Waals surface area contributed by atoms with Gasteiger partial charge in [0, 0.05) is 49.4 Å². The Hall–Kier alpha value is -1.66. The molecule has 10 nitrogen and oxygen atoms in total. The van der Waals surface area contributed by atoms with E-state index in [1.165, 1.54) is 0 Å². The van der Waals surface area contributed by atoms with Gasteiger partial charge in [-0.1, -0.05) is 33.3 Å². The molecule has 0 saturated heterocycles. The molecule has 4 fully saturated rings. The van der Waals surface area contributed by atoms with Crippen LogP contribution in [0.2, 0.25) is 0 Å². The van der Waals surface area contributed by atoms with Crippen LogP contribution in [0.15, 0.2) is 23.3 Å². The summed E-state index contributed by atoms with van der Waals surface area (Å²) < 4.78 is 5.80. The topological polar surface area (TPSA) is 169 Å². The Labute approximate surface area is 260 Å². The highest BCUT2D eigenvalue weighted by Crippen LogP contribution is 2.74. The SMILES string of the molecule is CNCCNCC1=C[C@@H]2C[C@]3(O)[C@]4(O)[C@@H](O)[C@@H](CCC(C)C)[C@]5(O)C[C@@H](O)CC[C@]5(C=O)[C@H]4CC[C@]3(C)[C@H]2C2=CC(=O)O[C@@H]12. The second-order valence-corrected chi connectivity index (χ2v) is 15.5. The van der Waals surface area contributed by atoms with Gasteiger partial charge in [0.1, 0.15) is 23.6 Å². The third-order valence-electron chi connectivity index (χ3n) is 13.1. The summed E-state index contributed by atoms with van der Waals surface area (Å²) in [6.45, 7) is 8.03. The summed E-state index contributed by atoms with van der Waals surface area (Å²) in [5.41, 5.74) is -6.32. The summed E-state index contributed by atoms with van der Waals surface area (Å²) in [5.74, 6) is -2.56. The molecule has 1 heterocycles. The van der Waals surface area contributed by atoms with Crippen molar-refractivity contribution in [2.24, 2.45) is 40.4 Å². The maximum absolute atomic E-state index is 13.3. The highest BCUT2D eigenvalue weighted by Gasteiger charge is 2.83. The number of allylic oxidation sites excluding steroid dienone is 1. The Morgan fingerprint density at radius 3 is 2.55 bits per heavy atom. The van der Waals surface area contributed by atoms with E-state index in [0.717, 1.165) is 30.5 Å². The summed E-state index contributed by atoms with van der Waals surface area (Å²) in [4.78, 5) is 26.0. The van der Waals surface area contributed by atoms with Gasteiger partial charge in [0.25, 0.3) is 0 Å². The van der Waals surface area contributed by atoms with Crippen LogP contribution in [0, 0.1) is 40.4 Å². The fourth-order valence-corrected chi connectivity index (χ4v) is 11.1. The molecule has 0 bridgehead atoms. The fraction of sp³-hybridized carbons (Fsp3) is 0.824. The Bertz CT molecular complexity index is 1240. The highest BCUT2D eigenvalue weighted by molar-refractivity contribution is 5.87. The number of hydrogen-bond donors (Lipinski definition) is 7. The normalized spacial score (nSPS) is 49.2. The van der Waals surface area contributed by atoms with Crippen molar-refractivity contribution >= 4 is 12.3 Å². The predicted octanol–water partition coefficient (Wildman–Crippen LogP) is 0.990. The van der Waals surface area contributed by atoms with E-state index >= 15 is 0 Å². The van der Waals surface area contributed by atoms with E-state index in [1.54, 1.807) is 6.08 Å². The molecule has 10 heteroatoms. The first-order chi connectivity index (χ1) is 20.7. The minimum atomic E-state index is -2.10. The van der Waals surface area contributed by atoms with E-state index in [1.807, 2.05) is 27.8 Å². The fourth-order valence-electron chi connectivity index (χ4n) is 11.1. The van der Waals surface area contributed by atoms with E-state index in [-0.39, 0.29) is 37.0 Å². The lowest BCUT2D eigenvalue weighted by molar-refractivity contribution is -0.364. The molecule has 0 radical (unpaired) electrons. The molecule has 0 amide bonds. The molecule has 6 rings (SSSR count). The number of aliphatic hydroxyl groups is 5. The molecule has 0 aromatic heterocycles. The lowest BCUT2D eigenvalue weighted by atomic mass is 9.36. The number of hydrogen-bond acceptors (Lipinski definition) is 10. The van der Waals surface area contributed by atoms with Crippen LogP contribution in [-0.2, 0) is 14.3 Å². The maximum atomic E-state index is 13.3. The zero-order chi connectivity index (χ0) is 31.9. The first kappa shape index (κ1) is 32.3. The van der Waals surface area contributed by atoms with Crippen molar-refractivity contribution in [3.63, 3.8) is 0 Å². The monoisotopic (exact) mass is 616 g/mol. The molecular formula is C34H52N2O8. The molecule has 4 saturated carbocycles. The van der Waals surface area contributed by atoms with Gasteiger partial charge >= 0.3 is 5.97 Å². The Kier molecular flexibility index (Phi) is 8.04. The number of ether oxygens (including phenoxy) is 1. The number of aliphatic hydroxyl groups excluding tert-OH is 2. The van der Waals surface area contributed by atoms with Crippen LogP contribution in [-0.4, -0.2) is 99.6 Å². The molecule has 44 heavy (non-hydrogen) atoms. The van der Waals surface area contributed by atoms with Crippen LogP contribution in [0.25, 0.3) is 0 Å². The minimum Gasteiger partial charge on any atom is -0.450 e. The van der Waals surface area contributed by atoms with Gasteiger partial charge in [0.2, 0.25) is 0 Å². The van der Waals surface area contributed by atoms with Gasteiger partial charge in [-0.05, 0) is 74.5 Å². The summed E-state index contributed by atoms with van der Waals surface area (Å²) in [6, 6.07) is 0. The van der Waals surface area contributed by atoms with Crippen LogP contribution in [0.5, 0.6) is 0 Å². The first-order valence-electron chi connectivity index (χ1n) is 16.7. The third-order valence-corrected chi connectivity index (χ3v) is 13.1. The zero-order valence-electron chi connectivity index (χ0n) is 26.6. The van der Waals surface area contributed by atoms with E-state index < -0.39 is 63.8 Å². The van der Waals surface area contributed by atoms with Crippen molar-refractivity contribution < 1.29 is 39.9 Å².